The van der Waals surface area contributed by atoms with Crippen molar-refractivity contribution >= 4 is 17.5 Å². The molecule has 1 fully saturated rings. The molecule has 3 aliphatic rings. The molecule has 2 amide bonds. The Morgan fingerprint density at radius 2 is 1.60 bits per heavy atom. The van der Waals surface area contributed by atoms with Gasteiger partial charge in [0.15, 0.2) is 12.1 Å². The van der Waals surface area contributed by atoms with Crippen molar-refractivity contribution in [2.24, 2.45) is 0 Å². The monoisotopic (exact) mass is 611 g/mol. The van der Waals surface area contributed by atoms with E-state index in [1.165, 1.54) is 11.8 Å². The van der Waals surface area contributed by atoms with E-state index in [2.05, 4.69) is 10.6 Å². The standard InChI is InChI=1S/C29H31F6N5O3/c1-17-5-3-4-6-23(17)40-15-24(39-9-7-38(8-10-39)18(2)41)43-26-25(27(40)42)22(36-16-37-26)13-19-11-20(28(30,31)32)14-21(12-19)29(33,34)35/h3-6,11-12,14,22,24,36-37H,7-10,13,15-16H2,1-2H3. The van der Waals surface area contributed by atoms with Gasteiger partial charge in [-0.2, -0.15) is 26.3 Å². The van der Waals surface area contributed by atoms with Crippen LogP contribution in [0.15, 0.2) is 53.9 Å². The van der Waals surface area contributed by atoms with Crippen LogP contribution in [-0.2, 0) is 33.1 Å². The molecule has 0 aliphatic carbocycles. The fourth-order valence-corrected chi connectivity index (χ4v) is 5.66. The van der Waals surface area contributed by atoms with Gasteiger partial charge >= 0.3 is 12.4 Å². The minimum Gasteiger partial charge on any atom is -0.458 e. The smallest absolute Gasteiger partial charge is 0.416 e. The molecule has 2 atom stereocenters. The normalized spacial score (nSPS) is 22.1. The number of rotatable bonds is 4. The first-order valence-corrected chi connectivity index (χ1v) is 13.8. The van der Waals surface area contributed by atoms with Gasteiger partial charge in [0.05, 0.1) is 29.9 Å². The minimum absolute atomic E-state index is 0.0470. The molecule has 0 bridgehead atoms. The van der Waals surface area contributed by atoms with E-state index >= 15 is 0 Å². The van der Waals surface area contributed by atoms with Gasteiger partial charge in [0.25, 0.3) is 5.91 Å². The van der Waals surface area contributed by atoms with Crippen LogP contribution in [0, 0.1) is 6.92 Å². The maximum absolute atomic E-state index is 14.2. The number of nitrogens with zero attached hydrogens (tertiary/aromatic N) is 3. The van der Waals surface area contributed by atoms with Crippen LogP contribution in [0.2, 0.25) is 0 Å². The van der Waals surface area contributed by atoms with Crippen molar-refractivity contribution in [3.8, 4) is 0 Å². The molecule has 2 aromatic carbocycles. The molecular weight excluding hydrogens is 580 g/mol. The number of anilines is 1. The number of nitrogens with one attached hydrogen (secondary N) is 2. The number of piperazine rings is 1. The third-order valence-electron chi connectivity index (χ3n) is 7.92. The van der Waals surface area contributed by atoms with Gasteiger partial charge in [-0.1, -0.05) is 18.2 Å². The molecule has 0 saturated carbocycles. The highest BCUT2D eigenvalue weighted by atomic mass is 19.4. The van der Waals surface area contributed by atoms with Crippen LogP contribution in [0.3, 0.4) is 0 Å². The number of ether oxygens (including phenoxy) is 1. The zero-order chi connectivity index (χ0) is 31.1. The van der Waals surface area contributed by atoms with Gasteiger partial charge in [-0.25, -0.2) is 0 Å². The molecular formula is C29H31F6N5O3. The van der Waals surface area contributed by atoms with Crippen molar-refractivity contribution in [2.45, 2.75) is 44.9 Å². The number of benzene rings is 2. The molecule has 2 N–H and O–H groups in total. The zero-order valence-corrected chi connectivity index (χ0v) is 23.5. The summed E-state index contributed by atoms with van der Waals surface area (Å²) in [5.74, 6) is -0.414. The van der Waals surface area contributed by atoms with Crippen LogP contribution >= 0.6 is 0 Å². The van der Waals surface area contributed by atoms with Crippen molar-refractivity contribution < 1.29 is 40.7 Å². The van der Waals surface area contributed by atoms with Crippen molar-refractivity contribution in [1.82, 2.24) is 20.4 Å². The summed E-state index contributed by atoms with van der Waals surface area (Å²) < 4.78 is 87.7. The van der Waals surface area contributed by atoms with Gasteiger partial charge in [-0.3, -0.25) is 19.8 Å². The number of hydrogen-bond donors (Lipinski definition) is 2. The number of para-hydroxylation sites is 1. The van der Waals surface area contributed by atoms with E-state index < -0.39 is 41.7 Å². The number of hydrogen-bond acceptors (Lipinski definition) is 6. The molecule has 3 aliphatic heterocycles. The SMILES string of the molecule is CC(=O)N1CCN(C2CN(c3ccccc3C)C(=O)C3=C(NCNC3Cc3cc(C(F)(F)F)cc(C(F)(F)F)c3)O2)CC1. The summed E-state index contributed by atoms with van der Waals surface area (Å²) in [6, 6.07) is 7.68. The Balaban J connectivity index is 1.53. The van der Waals surface area contributed by atoms with E-state index in [4.69, 9.17) is 4.74 Å². The predicted octanol–water partition coefficient (Wildman–Crippen LogP) is 3.86. The summed E-state index contributed by atoms with van der Waals surface area (Å²) in [5, 5.41) is 6.03. The van der Waals surface area contributed by atoms with Crippen molar-refractivity contribution in [3.63, 3.8) is 0 Å². The van der Waals surface area contributed by atoms with E-state index in [1.807, 2.05) is 24.0 Å². The maximum atomic E-state index is 14.2. The maximum Gasteiger partial charge on any atom is 0.416 e. The van der Waals surface area contributed by atoms with Gasteiger partial charge in [0.2, 0.25) is 5.91 Å². The molecule has 2 unspecified atom stereocenters. The van der Waals surface area contributed by atoms with Crippen molar-refractivity contribution in [2.75, 3.05) is 44.3 Å². The first-order valence-electron chi connectivity index (χ1n) is 13.8. The van der Waals surface area contributed by atoms with Crippen molar-refractivity contribution in [1.29, 1.82) is 0 Å². The predicted molar refractivity (Wildman–Crippen MR) is 144 cm³/mol. The quantitative estimate of drug-likeness (QED) is 0.512. The highest BCUT2D eigenvalue weighted by molar-refractivity contribution is 6.07. The molecule has 43 heavy (non-hydrogen) atoms. The number of aryl methyl sites for hydroxylation is 1. The average Bonchev–Trinajstić information content (AvgIpc) is 3.09. The lowest BCUT2D eigenvalue weighted by molar-refractivity contribution is -0.143. The lowest BCUT2D eigenvalue weighted by atomic mass is 9.94. The summed E-state index contributed by atoms with van der Waals surface area (Å²) in [4.78, 5) is 31.3. The molecule has 2 aromatic rings. The molecule has 1 saturated heterocycles. The first kappa shape index (κ1) is 30.7. The van der Waals surface area contributed by atoms with E-state index in [1.54, 1.807) is 17.0 Å². The fraction of sp³-hybridized carbons (Fsp3) is 0.448. The number of halogens is 6. The lowest BCUT2D eigenvalue weighted by Crippen LogP contribution is -2.55. The van der Waals surface area contributed by atoms with Gasteiger partial charge in [-0.05, 0) is 48.7 Å². The van der Waals surface area contributed by atoms with E-state index in [-0.39, 0.29) is 48.6 Å². The Bertz CT molecular complexity index is 1390. The molecule has 0 radical (unpaired) electrons. The van der Waals surface area contributed by atoms with Crippen molar-refractivity contribution in [3.05, 3.63) is 76.2 Å². The summed E-state index contributed by atoms with van der Waals surface area (Å²) in [6.45, 7) is 5.39. The average molecular weight is 612 g/mol. The molecule has 3 heterocycles. The highest BCUT2D eigenvalue weighted by Crippen LogP contribution is 2.37. The number of carbonyl (C=O) groups is 2. The van der Waals surface area contributed by atoms with Crippen LogP contribution < -0.4 is 15.5 Å². The summed E-state index contributed by atoms with van der Waals surface area (Å²) >= 11 is 0. The zero-order valence-electron chi connectivity index (χ0n) is 23.5. The Morgan fingerprint density at radius 3 is 2.19 bits per heavy atom. The molecule has 5 rings (SSSR count). The van der Waals surface area contributed by atoms with Gasteiger partial charge < -0.3 is 19.9 Å². The second kappa shape index (κ2) is 11.7. The van der Waals surface area contributed by atoms with Gasteiger partial charge in [0, 0.05) is 44.8 Å². The third kappa shape index (κ3) is 6.59. The summed E-state index contributed by atoms with van der Waals surface area (Å²) in [5.41, 5.74) is -1.61. The molecule has 14 heteroatoms. The Kier molecular flexibility index (Phi) is 8.36. The Morgan fingerprint density at radius 1 is 0.977 bits per heavy atom. The number of amides is 2. The Hall–Kier alpha value is -3.78. The van der Waals surface area contributed by atoms with E-state index in [0.717, 1.165) is 5.56 Å². The molecule has 0 aromatic heterocycles. The Labute approximate surface area is 244 Å². The summed E-state index contributed by atoms with van der Waals surface area (Å²) in [7, 11) is 0. The van der Waals surface area contributed by atoms with Gasteiger partial charge in [-0.15, -0.1) is 0 Å². The second-order valence-electron chi connectivity index (χ2n) is 10.8. The first-order chi connectivity index (χ1) is 20.2. The van der Waals surface area contributed by atoms with E-state index in [9.17, 15) is 35.9 Å². The summed E-state index contributed by atoms with van der Waals surface area (Å²) in [6.07, 6.45) is -11.0. The molecule has 232 valence electrons. The highest BCUT2D eigenvalue weighted by Gasteiger charge is 2.42. The van der Waals surface area contributed by atoms with E-state index in [0.29, 0.717) is 44.0 Å². The van der Waals surface area contributed by atoms with Crippen LogP contribution in [0.25, 0.3) is 0 Å². The lowest BCUT2D eigenvalue weighted by Gasteiger charge is -2.39. The van der Waals surface area contributed by atoms with Crippen LogP contribution in [0.4, 0.5) is 32.0 Å². The number of alkyl halides is 6. The van der Waals surface area contributed by atoms with Crippen LogP contribution in [0.1, 0.15) is 29.2 Å². The van der Waals surface area contributed by atoms with Crippen LogP contribution in [0.5, 0.6) is 0 Å². The second-order valence-corrected chi connectivity index (χ2v) is 10.8. The number of carbonyl (C=O) groups excluding carboxylic acids is 2. The molecule has 0 spiro atoms. The topological polar surface area (TPSA) is 77.2 Å². The fourth-order valence-electron chi connectivity index (χ4n) is 5.66. The van der Waals surface area contributed by atoms with Crippen LogP contribution in [-0.4, -0.2) is 73.3 Å². The largest absolute Gasteiger partial charge is 0.458 e. The van der Waals surface area contributed by atoms with Gasteiger partial charge in [0.1, 0.15) is 0 Å². The minimum atomic E-state index is -5.00. The third-order valence-corrected chi connectivity index (χ3v) is 7.92. The molecule has 8 nitrogen and oxygen atoms in total.